The van der Waals surface area contributed by atoms with E-state index >= 15 is 0 Å². The molecule has 3 atom stereocenters. The summed E-state index contributed by atoms with van der Waals surface area (Å²) in [4.78, 5) is 14.5. The maximum Gasteiger partial charge on any atom is 0.249 e. The minimum absolute atomic E-state index is 0.0139. The fourth-order valence-corrected chi connectivity index (χ4v) is 3.40. The van der Waals surface area contributed by atoms with Crippen molar-refractivity contribution in [3.8, 4) is 0 Å². The zero-order chi connectivity index (χ0) is 15.4. The third-order valence-electron chi connectivity index (χ3n) is 4.50. The number of rotatable bonds is 6. The smallest absolute Gasteiger partial charge is 0.249 e. The molecule has 3 heterocycles. The van der Waals surface area contributed by atoms with Gasteiger partial charge < -0.3 is 19.2 Å². The van der Waals surface area contributed by atoms with Gasteiger partial charge >= 0.3 is 0 Å². The van der Waals surface area contributed by atoms with E-state index < -0.39 is 0 Å². The predicted molar refractivity (Wildman–Crippen MR) is 80.3 cm³/mol. The SMILES string of the molecule is COCCNC(=O)[C@@H]1CC[C@H]2[C@H](CCN2Cc2ccco2)O1. The van der Waals surface area contributed by atoms with Crippen LogP contribution in [0.25, 0.3) is 0 Å². The molecule has 1 aromatic rings. The molecular weight excluding hydrogens is 284 g/mol. The van der Waals surface area contributed by atoms with Crippen molar-refractivity contribution < 1.29 is 18.7 Å². The van der Waals surface area contributed by atoms with Gasteiger partial charge in [-0.25, -0.2) is 0 Å². The molecule has 0 aromatic carbocycles. The van der Waals surface area contributed by atoms with Crippen molar-refractivity contribution in [2.45, 2.75) is 44.1 Å². The van der Waals surface area contributed by atoms with E-state index in [1.807, 2.05) is 12.1 Å². The Morgan fingerprint density at radius 3 is 3.14 bits per heavy atom. The summed E-state index contributed by atoms with van der Waals surface area (Å²) in [5.41, 5.74) is 0. The molecule has 22 heavy (non-hydrogen) atoms. The number of carbonyl (C=O) groups excluding carboxylic acids is 1. The molecule has 2 fully saturated rings. The largest absolute Gasteiger partial charge is 0.468 e. The molecule has 3 rings (SSSR count). The standard InChI is InChI=1S/C16H24N2O4/c1-20-10-7-17-16(19)15-5-4-13-14(22-15)6-8-18(13)11-12-3-2-9-21-12/h2-3,9,13-15H,4-8,10-11H2,1H3,(H,17,19)/t13-,14-,15-/m0/s1. The number of hydrogen-bond donors (Lipinski definition) is 1. The zero-order valence-corrected chi connectivity index (χ0v) is 13.0. The Labute approximate surface area is 130 Å². The Kier molecular flexibility index (Phi) is 5.12. The number of amides is 1. The highest BCUT2D eigenvalue weighted by Gasteiger charge is 2.41. The van der Waals surface area contributed by atoms with Crippen LogP contribution in [0, 0.1) is 0 Å². The van der Waals surface area contributed by atoms with E-state index in [-0.39, 0.29) is 18.1 Å². The van der Waals surface area contributed by atoms with Gasteiger partial charge in [-0.3, -0.25) is 9.69 Å². The van der Waals surface area contributed by atoms with E-state index in [1.54, 1.807) is 13.4 Å². The van der Waals surface area contributed by atoms with Crippen molar-refractivity contribution in [3.05, 3.63) is 24.2 Å². The molecule has 0 saturated carbocycles. The molecule has 0 bridgehead atoms. The summed E-state index contributed by atoms with van der Waals surface area (Å²) in [6.45, 7) is 2.88. The minimum Gasteiger partial charge on any atom is -0.468 e. The van der Waals surface area contributed by atoms with Crippen molar-refractivity contribution in [3.63, 3.8) is 0 Å². The van der Waals surface area contributed by atoms with Gasteiger partial charge in [-0.05, 0) is 31.4 Å². The van der Waals surface area contributed by atoms with Crippen LogP contribution in [0.2, 0.25) is 0 Å². The summed E-state index contributed by atoms with van der Waals surface area (Å²) >= 11 is 0. The van der Waals surface area contributed by atoms with Crippen LogP contribution in [0.4, 0.5) is 0 Å². The summed E-state index contributed by atoms with van der Waals surface area (Å²) in [6, 6.07) is 4.32. The van der Waals surface area contributed by atoms with Gasteiger partial charge in [0, 0.05) is 26.2 Å². The van der Waals surface area contributed by atoms with Crippen molar-refractivity contribution >= 4 is 5.91 Å². The Balaban J connectivity index is 1.49. The highest BCUT2D eigenvalue weighted by atomic mass is 16.5. The molecule has 6 nitrogen and oxygen atoms in total. The van der Waals surface area contributed by atoms with Crippen LogP contribution < -0.4 is 5.32 Å². The lowest BCUT2D eigenvalue weighted by Gasteiger charge is -2.35. The van der Waals surface area contributed by atoms with Crippen molar-refractivity contribution in [1.82, 2.24) is 10.2 Å². The number of furan rings is 1. The monoisotopic (exact) mass is 308 g/mol. The maximum absolute atomic E-state index is 12.1. The molecule has 0 spiro atoms. The van der Waals surface area contributed by atoms with E-state index in [2.05, 4.69) is 10.2 Å². The Morgan fingerprint density at radius 1 is 1.45 bits per heavy atom. The summed E-state index contributed by atoms with van der Waals surface area (Å²) in [5.74, 6) is 0.972. The number of nitrogens with one attached hydrogen (secondary N) is 1. The number of carbonyl (C=O) groups is 1. The van der Waals surface area contributed by atoms with Crippen molar-refractivity contribution in [1.29, 1.82) is 0 Å². The molecule has 2 aliphatic rings. The normalized spacial score (nSPS) is 28.5. The molecule has 6 heteroatoms. The van der Waals surface area contributed by atoms with E-state index in [4.69, 9.17) is 13.9 Å². The van der Waals surface area contributed by atoms with Crippen LogP contribution in [-0.2, 0) is 20.8 Å². The quantitative estimate of drug-likeness (QED) is 0.799. The van der Waals surface area contributed by atoms with Gasteiger partial charge in [0.15, 0.2) is 0 Å². The van der Waals surface area contributed by atoms with Gasteiger partial charge in [0.05, 0.1) is 25.5 Å². The van der Waals surface area contributed by atoms with Crippen molar-refractivity contribution in [2.24, 2.45) is 0 Å². The van der Waals surface area contributed by atoms with Crippen molar-refractivity contribution in [2.75, 3.05) is 26.8 Å². The topological polar surface area (TPSA) is 63.9 Å². The second kappa shape index (κ2) is 7.26. The van der Waals surface area contributed by atoms with Crippen LogP contribution in [0.15, 0.2) is 22.8 Å². The number of ether oxygens (including phenoxy) is 2. The molecule has 1 amide bonds. The minimum atomic E-state index is -0.318. The first-order valence-corrected chi connectivity index (χ1v) is 7.96. The zero-order valence-electron chi connectivity index (χ0n) is 13.0. The molecule has 0 unspecified atom stereocenters. The van der Waals surface area contributed by atoms with Gasteiger partial charge in [0.2, 0.25) is 5.91 Å². The Morgan fingerprint density at radius 2 is 2.36 bits per heavy atom. The van der Waals surface area contributed by atoms with Gasteiger partial charge in [0.1, 0.15) is 11.9 Å². The lowest BCUT2D eigenvalue weighted by Crippen LogP contribution is -2.48. The number of methoxy groups -OCH3 is 1. The highest BCUT2D eigenvalue weighted by molar-refractivity contribution is 5.80. The summed E-state index contributed by atoms with van der Waals surface area (Å²) in [5, 5.41) is 2.86. The summed E-state index contributed by atoms with van der Waals surface area (Å²) in [7, 11) is 1.62. The van der Waals surface area contributed by atoms with Crippen LogP contribution in [0.5, 0.6) is 0 Å². The van der Waals surface area contributed by atoms with Gasteiger partial charge in [0.25, 0.3) is 0 Å². The van der Waals surface area contributed by atoms with Crippen LogP contribution in [0.3, 0.4) is 0 Å². The first-order valence-electron chi connectivity index (χ1n) is 7.96. The van der Waals surface area contributed by atoms with E-state index in [1.165, 1.54) is 0 Å². The number of fused-ring (bicyclic) bond motifs is 1. The average Bonchev–Trinajstić information content (AvgIpc) is 3.18. The summed E-state index contributed by atoms with van der Waals surface area (Å²) in [6.07, 6.45) is 4.29. The third kappa shape index (κ3) is 3.51. The molecule has 0 radical (unpaired) electrons. The lowest BCUT2D eigenvalue weighted by molar-refractivity contribution is -0.144. The predicted octanol–water partition coefficient (Wildman–Crippen LogP) is 1.16. The molecule has 0 aliphatic carbocycles. The van der Waals surface area contributed by atoms with Gasteiger partial charge in [-0.1, -0.05) is 0 Å². The highest BCUT2D eigenvalue weighted by Crippen LogP contribution is 2.32. The van der Waals surface area contributed by atoms with Gasteiger partial charge in [-0.15, -0.1) is 0 Å². The second-order valence-corrected chi connectivity index (χ2v) is 5.93. The van der Waals surface area contributed by atoms with E-state index in [0.29, 0.717) is 19.2 Å². The third-order valence-corrected chi connectivity index (χ3v) is 4.50. The van der Waals surface area contributed by atoms with E-state index in [0.717, 1.165) is 38.1 Å². The Hall–Kier alpha value is -1.37. The summed E-state index contributed by atoms with van der Waals surface area (Å²) < 4.78 is 16.4. The number of likely N-dealkylation sites (tertiary alicyclic amines) is 1. The fraction of sp³-hybridized carbons (Fsp3) is 0.688. The molecule has 1 N–H and O–H groups in total. The van der Waals surface area contributed by atoms with Crippen LogP contribution in [-0.4, -0.2) is 55.9 Å². The van der Waals surface area contributed by atoms with Crippen LogP contribution >= 0.6 is 0 Å². The first kappa shape index (κ1) is 15.5. The first-order chi connectivity index (χ1) is 10.8. The average molecular weight is 308 g/mol. The number of nitrogens with zero attached hydrogens (tertiary/aromatic N) is 1. The van der Waals surface area contributed by atoms with E-state index in [9.17, 15) is 4.79 Å². The molecule has 1 aromatic heterocycles. The molecule has 2 saturated heterocycles. The number of hydrogen-bond acceptors (Lipinski definition) is 5. The molecule has 122 valence electrons. The molecular formula is C16H24N2O4. The van der Waals surface area contributed by atoms with Gasteiger partial charge in [-0.2, -0.15) is 0 Å². The lowest BCUT2D eigenvalue weighted by atomic mass is 9.98. The second-order valence-electron chi connectivity index (χ2n) is 5.93. The maximum atomic E-state index is 12.1. The Bertz CT molecular complexity index is 477. The fourth-order valence-electron chi connectivity index (χ4n) is 3.40. The van der Waals surface area contributed by atoms with Crippen LogP contribution in [0.1, 0.15) is 25.0 Å². The molecule has 2 aliphatic heterocycles.